The Morgan fingerprint density at radius 2 is 2.00 bits per heavy atom. The third kappa shape index (κ3) is 2.45. The van der Waals surface area contributed by atoms with Crippen molar-refractivity contribution in [2.45, 2.75) is 25.9 Å². The van der Waals surface area contributed by atoms with E-state index in [0.717, 1.165) is 5.69 Å². The van der Waals surface area contributed by atoms with Crippen LogP contribution in [-0.2, 0) is 0 Å². The van der Waals surface area contributed by atoms with Crippen molar-refractivity contribution >= 4 is 5.69 Å². The molecule has 2 atom stereocenters. The first-order valence-electron chi connectivity index (χ1n) is 4.76. The molecule has 0 amide bonds. The van der Waals surface area contributed by atoms with Gasteiger partial charge in [-0.2, -0.15) is 0 Å². The summed E-state index contributed by atoms with van der Waals surface area (Å²) in [6.45, 7) is 3.97. The number of nitrogens with two attached hydrogens (primary N) is 1. The molecule has 1 rings (SSSR count). The smallest absolute Gasteiger partial charge is 0.125 e. The number of anilines is 1. The molecule has 0 spiro atoms. The van der Waals surface area contributed by atoms with Crippen LogP contribution in [0, 0.1) is 5.82 Å². The van der Waals surface area contributed by atoms with Gasteiger partial charge >= 0.3 is 0 Å². The molecule has 0 aliphatic rings. The fourth-order valence-electron chi connectivity index (χ4n) is 1.28. The maximum absolute atomic E-state index is 12.9. The Morgan fingerprint density at radius 1 is 1.36 bits per heavy atom. The Bertz CT molecular complexity index is 299. The maximum Gasteiger partial charge on any atom is 0.125 e. The van der Waals surface area contributed by atoms with Gasteiger partial charge in [0.15, 0.2) is 0 Å². The van der Waals surface area contributed by atoms with Gasteiger partial charge in [-0.1, -0.05) is 6.07 Å². The molecule has 3 heteroatoms. The molecule has 0 radical (unpaired) electrons. The van der Waals surface area contributed by atoms with Crippen molar-refractivity contribution in [2.75, 3.05) is 11.9 Å². The van der Waals surface area contributed by atoms with Gasteiger partial charge in [0, 0.05) is 24.8 Å². The molecule has 0 saturated heterocycles. The van der Waals surface area contributed by atoms with Crippen molar-refractivity contribution in [1.82, 2.24) is 0 Å². The molecular formula is C11H17FN2. The van der Waals surface area contributed by atoms with Crippen molar-refractivity contribution in [1.29, 1.82) is 0 Å². The van der Waals surface area contributed by atoms with Crippen molar-refractivity contribution in [3.05, 3.63) is 30.1 Å². The van der Waals surface area contributed by atoms with Crippen LogP contribution in [0.3, 0.4) is 0 Å². The molecule has 0 fully saturated rings. The number of rotatable bonds is 3. The topological polar surface area (TPSA) is 29.3 Å². The molecule has 1 aromatic carbocycles. The van der Waals surface area contributed by atoms with Crippen molar-refractivity contribution in [2.24, 2.45) is 5.73 Å². The van der Waals surface area contributed by atoms with Gasteiger partial charge in [-0.05, 0) is 32.0 Å². The monoisotopic (exact) mass is 196 g/mol. The second kappa shape index (κ2) is 4.42. The van der Waals surface area contributed by atoms with Crippen LogP contribution in [-0.4, -0.2) is 19.1 Å². The molecule has 0 aliphatic heterocycles. The Hall–Kier alpha value is -1.09. The van der Waals surface area contributed by atoms with E-state index in [0.29, 0.717) is 0 Å². The van der Waals surface area contributed by atoms with E-state index in [9.17, 15) is 4.39 Å². The molecule has 2 N–H and O–H groups in total. The van der Waals surface area contributed by atoms with Gasteiger partial charge in [0.05, 0.1) is 0 Å². The molecule has 2 unspecified atom stereocenters. The number of halogens is 1. The summed E-state index contributed by atoms with van der Waals surface area (Å²) in [6.07, 6.45) is 0. The largest absolute Gasteiger partial charge is 0.370 e. The highest BCUT2D eigenvalue weighted by Crippen LogP contribution is 2.17. The zero-order chi connectivity index (χ0) is 10.7. The minimum atomic E-state index is -0.216. The summed E-state index contributed by atoms with van der Waals surface area (Å²) in [4.78, 5) is 1.98. The summed E-state index contributed by atoms with van der Waals surface area (Å²) in [7, 11) is 1.92. The standard InChI is InChI=1S/C11H17FN2/c1-8(13)9(2)14(3)11-6-4-5-10(12)7-11/h4-9H,13H2,1-3H3. The zero-order valence-electron chi connectivity index (χ0n) is 8.87. The third-order valence-electron chi connectivity index (χ3n) is 2.59. The van der Waals surface area contributed by atoms with E-state index < -0.39 is 0 Å². The number of nitrogens with zero attached hydrogens (tertiary/aromatic N) is 1. The van der Waals surface area contributed by atoms with Crippen LogP contribution in [0.2, 0.25) is 0 Å². The quantitative estimate of drug-likeness (QED) is 0.801. The predicted molar refractivity (Wildman–Crippen MR) is 57.9 cm³/mol. The lowest BCUT2D eigenvalue weighted by Gasteiger charge is -2.29. The van der Waals surface area contributed by atoms with Crippen LogP contribution in [0.1, 0.15) is 13.8 Å². The van der Waals surface area contributed by atoms with E-state index in [1.54, 1.807) is 6.07 Å². The first-order chi connectivity index (χ1) is 6.52. The Labute approximate surface area is 84.5 Å². The van der Waals surface area contributed by atoms with Gasteiger partial charge in [-0.3, -0.25) is 0 Å². The summed E-state index contributed by atoms with van der Waals surface area (Å²) in [5, 5.41) is 0. The molecule has 0 saturated carbocycles. The lowest BCUT2D eigenvalue weighted by Crippen LogP contribution is -2.42. The van der Waals surface area contributed by atoms with Crippen molar-refractivity contribution in [3.8, 4) is 0 Å². The highest BCUT2D eigenvalue weighted by molar-refractivity contribution is 5.46. The number of hydrogen-bond acceptors (Lipinski definition) is 2. The first kappa shape index (κ1) is 11.0. The molecule has 0 aromatic heterocycles. The fraction of sp³-hybridized carbons (Fsp3) is 0.455. The predicted octanol–water partition coefficient (Wildman–Crippen LogP) is 2.00. The van der Waals surface area contributed by atoms with Crippen LogP contribution >= 0.6 is 0 Å². The van der Waals surface area contributed by atoms with Gasteiger partial charge in [0.25, 0.3) is 0 Å². The highest BCUT2D eigenvalue weighted by atomic mass is 19.1. The third-order valence-corrected chi connectivity index (χ3v) is 2.59. The lowest BCUT2D eigenvalue weighted by molar-refractivity contribution is 0.570. The Kier molecular flexibility index (Phi) is 3.47. The summed E-state index contributed by atoms with van der Waals surface area (Å²) >= 11 is 0. The van der Waals surface area contributed by atoms with E-state index in [4.69, 9.17) is 5.73 Å². The van der Waals surface area contributed by atoms with Gasteiger partial charge in [0.1, 0.15) is 5.82 Å². The Balaban J connectivity index is 2.83. The van der Waals surface area contributed by atoms with Crippen LogP contribution in [0.25, 0.3) is 0 Å². The summed E-state index contributed by atoms with van der Waals surface area (Å²) in [6, 6.07) is 6.78. The average molecular weight is 196 g/mol. The van der Waals surface area contributed by atoms with Gasteiger partial charge in [0.2, 0.25) is 0 Å². The van der Waals surface area contributed by atoms with Crippen LogP contribution in [0.4, 0.5) is 10.1 Å². The van der Waals surface area contributed by atoms with E-state index in [1.807, 2.05) is 31.9 Å². The fourth-order valence-corrected chi connectivity index (χ4v) is 1.28. The highest BCUT2D eigenvalue weighted by Gasteiger charge is 2.13. The van der Waals surface area contributed by atoms with E-state index in [1.165, 1.54) is 12.1 Å². The molecule has 2 nitrogen and oxygen atoms in total. The normalized spacial score (nSPS) is 14.9. The lowest BCUT2D eigenvalue weighted by atomic mass is 10.1. The summed E-state index contributed by atoms with van der Waals surface area (Å²) in [5.41, 5.74) is 6.63. The van der Waals surface area contributed by atoms with E-state index in [-0.39, 0.29) is 17.9 Å². The molecule has 0 heterocycles. The molecule has 78 valence electrons. The van der Waals surface area contributed by atoms with E-state index in [2.05, 4.69) is 0 Å². The van der Waals surface area contributed by atoms with Gasteiger partial charge < -0.3 is 10.6 Å². The molecular weight excluding hydrogens is 179 g/mol. The minimum absolute atomic E-state index is 0.0586. The zero-order valence-corrected chi connectivity index (χ0v) is 8.87. The Morgan fingerprint density at radius 3 is 2.50 bits per heavy atom. The number of benzene rings is 1. The van der Waals surface area contributed by atoms with Crippen molar-refractivity contribution < 1.29 is 4.39 Å². The summed E-state index contributed by atoms with van der Waals surface area (Å²) < 4.78 is 12.9. The number of hydrogen-bond donors (Lipinski definition) is 1. The second-order valence-corrected chi connectivity index (χ2v) is 3.69. The SMILES string of the molecule is CC(N)C(C)N(C)c1cccc(F)c1. The second-order valence-electron chi connectivity index (χ2n) is 3.69. The summed E-state index contributed by atoms with van der Waals surface area (Å²) in [5.74, 6) is -0.216. The van der Waals surface area contributed by atoms with E-state index >= 15 is 0 Å². The molecule has 0 aliphatic carbocycles. The molecule has 14 heavy (non-hydrogen) atoms. The van der Waals surface area contributed by atoms with Gasteiger partial charge in [-0.15, -0.1) is 0 Å². The molecule has 0 bridgehead atoms. The van der Waals surface area contributed by atoms with Crippen molar-refractivity contribution in [3.63, 3.8) is 0 Å². The van der Waals surface area contributed by atoms with Gasteiger partial charge in [-0.25, -0.2) is 4.39 Å². The molecule has 1 aromatic rings. The van der Waals surface area contributed by atoms with Crippen LogP contribution in [0.5, 0.6) is 0 Å². The minimum Gasteiger partial charge on any atom is -0.370 e. The maximum atomic E-state index is 12.9. The average Bonchev–Trinajstić information content (AvgIpc) is 2.15. The first-order valence-corrected chi connectivity index (χ1v) is 4.76. The number of likely N-dealkylation sites (N-methyl/N-ethyl adjacent to an activating group) is 1. The van der Waals surface area contributed by atoms with Crippen LogP contribution < -0.4 is 10.6 Å². The van der Waals surface area contributed by atoms with Crippen LogP contribution in [0.15, 0.2) is 24.3 Å².